The van der Waals surface area contributed by atoms with Crippen molar-refractivity contribution in [3.05, 3.63) is 65.2 Å². The van der Waals surface area contributed by atoms with Gasteiger partial charge in [-0.1, -0.05) is 42.0 Å². The lowest BCUT2D eigenvalue weighted by molar-refractivity contribution is -0.126. The molecule has 158 valence electrons. The van der Waals surface area contributed by atoms with Crippen molar-refractivity contribution < 1.29 is 13.2 Å². The van der Waals surface area contributed by atoms with E-state index in [0.717, 1.165) is 5.56 Å². The lowest BCUT2D eigenvalue weighted by Crippen LogP contribution is -2.54. The van der Waals surface area contributed by atoms with Gasteiger partial charge in [-0.3, -0.25) is 9.69 Å². The Labute approximate surface area is 178 Å². The first-order valence-electron chi connectivity index (χ1n) is 9.89. The average Bonchev–Trinajstić information content (AvgIpc) is 2.78. The molecular formula is C22H26N4O3S. The molecule has 0 radical (unpaired) electrons. The summed E-state index contributed by atoms with van der Waals surface area (Å²) in [5, 5.41) is 12.2. The Morgan fingerprint density at radius 1 is 1.10 bits per heavy atom. The number of carbonyl (C=O) groups is 1. The second kappa shape index (κ2) is 9.39. The molecule has 1 heterocycles. The second-order valence-corrected chi connectivity index (χ2v) is 9.33. The maximum atomic E-state index is 12.9. The summed E-state index contributed by atoms with van der Waals surface area (Å²) in [5.74, 6) is -0.0818. The van der Waals surface area contributed by atoms with Gasteiger partial charge in [0.05, 0.1) is 16.5 Å². The summed E-state index contributed by atoms with van der Waals surface area (Å²) in [6, 6.07) is 15.8. The molecule has 2 aromatic rings. The maximum Gasteiger partial charge on any atom is 0.244 e. The third-order valence-corrected chi connectivity index (χ3v) is 7.37. The lowest BCUT2D eigenvalue weighted by Gasteiger charge is -2.36. The number of hydrogen-bond acceptors (Lipinski definition) is 5. The minimum atomic E-state index is -3.74. The van der Waals surface area contributed by atoms with Gasteiger partial charge in [-0.05, 0) is 31.5 Å². The van der Waals surface area contributed by atoms with Crippen LogP contribution in [-0.4, -0.2) is 55.8 Å². The number of carbonyl (C=O) groups excluding carboxylic acids is 1. The Morgan fingerprint density at radius 2 is 1.73 bits per heavy atom. The molecule has 1 saturated heterocycles. The molecule has 0 unspecified atom stereocenters. The summed E-state index contributed by atoms with van der Waals surface area (Å²) in [5.41, 5.74) is 2.35. The summed E-state index contributed by atoms with van der Waals surface area (Å²) < 4.78 is 27.3. The third-order valence-electron chi connectivity index (χ3n) is 5.41. The van der Waals surface area contributed by atoms with Crippen LogP contribution in [0.1, 0.15) is 23.6 Å². The van der Waals surface area contributed by atoms with E-state index in [1.54, 1.807) is 12.1 Å². The van der Waals surface area contributed by atoms with E-state index in [1.807, 2.05) is 49.1 Å². The fourth-order valence-corrected chi connectivity index (χ4v) is 5.03. The van der Waals surface area contributed by atoms with Crippen molar-refractivity contribution in [2.24, 2.45) is 0 Å². The van der Waals surface area contributed by atoms with Gasteiger partial charge in [0.15, 0.2) is 0 Å². The van der Waals surface area contributed by atoms with Gasteiger partial charge in [-0.15, -0.1) is 0 Å². The van der Waals surface area contributed by atoms with Crippen LogP contribution >= 0.6 is 0 Å². The number of nitrogens with one attached hydrogen (secondary N) is 1. The molecule has 7 nitrogen and oxygen atoms in total. The third kappa shape index (κ3) is 4.87. The molecule has 0 aromatic heterocycles. The molecule has 1 atom stereocenters. The summed E-state index contributed by atoms with van der Waals surface area (Å²) in [6.45, 7) is 5.76. The molecule has 30 heavy (non-hydrogen) atoms. The van der Waals surface area contributed by atoms with Gasteiger partial charge in [0.2, 0.25) is 15.9 Å². The molecule has 0 bridgehead atoms. The van der Waals surface area contributed by atoms with Crippen LogP contribution in [0.25, 0.3) is 0 Å². The Balaban J connectivity index is 1.57. The number of amides is 1. The molecule has 0 spiro atoms. The first kappa shape index (κ1) is 22.0. The van der Waals surface area contributed by atoms with Crippen LogP contribution in [0.3, 0.4) is 0 Å². The summed E-state index contributed by atoms with van der Waals surface area (Å²) >= 11 is 0. The molecule has 1 fully saturated rings. The van der Waals surface area contributed by atoms with Crippen molar-refractivity contribution in [2.75, 3.05) is 26.2 Å². The first-order chi connectivity index (χ1) is 14.3. The van der Waals surface area contributed by atoms with E-state index in [9.17, 15) is 18.5 Å². The van der Waals surface area contributed by atoms with Crippen LogP contribution in [-0.2, 0) is 21.4 Å². The summed E-state index contributed by atoms with van der Waals surface area (Å²) in [7, 11) is -3.74. The van der Waals surface area contributed by atoms with E-state index >= 15 is 0 Å². The van der Waals surface area contributed by atoms with Gasteiger partial charge >= 0.3 is 0 Å². The van der Waals surface area contributed by atoms with Crippen molar-refractivity contribution in [3.63, 3.8) is 0 Å². The number of aryl methyl sites for hydroxylation is 1. The van der Waals surface area contributed by atoms with E-state index in [-0.39, 0.29) is 35.5 Å². The lowest BCUT2D eigenvalue weighted by atomic mass is 10.1. The zero-order valence-electron chi connectivity index (χ0n) is 17.2. The van der Waals surface area contributed by atoms with E-state index < -0.39 is 10.0 Å². The minimum absolute atomic E-state index is 0.0323. The second-order valence-electron chi connectivity index (χ2n) is 7.43. The van der Waals surface area contributed by atoms with Gasteiger partial charge in [0, 0.05) is 32.7 Å². The Kier molecular flexibility index (Phi) is 6.87. The minimum Gasteiger partial charge on any atom is -0.351 e. The van der Waals surface area contributed by atoms with Crippen molar-refractivity contribution in [2.45, 2.75) is 31.3 Å². The summed E-state index contributed by atoms with van der Waals surface area (Å²) in [6.07, 6.45) is 0. The quantitative estimate of drug-likeness (QED) is 0.761. The average molecular weight is 427 g/mol. The Hall–Kier alpha value is -2.73. The molecular weight excluding hydrogens is 400 g/mol. The number of hydrogen-bond donors (Lipinski definition) is 1. The first-order valence-corrected chi connectivity index (χ1v) is 11.3. The number of rotatable bonds is 6. The van der Waals surface area contributed by atoms with E-state index in [4.69, 9.17) is 0 Å². The maximum absolute atomic E-state index is 12.9. The number of benzene rings is 2. The fourth-order valence-electron chi connectivity index (χ4n) is 3.46. The number of nitrogens with zero attached hydrogens (tertiary/aromatic N) is 3. The molecule has 1 aliphatic rings. The van der Waals surface area contributed by atoms with Gasteiger partial charge in [-0.2, -0.15) is 9.57 Å². The van der Waals surface area contributed by atoms with E-state index in [0.29, 0.717) is 19.6 Å². The molecule has 3 rings (SSSR count). The molecule has 2 aromatic carbocycles. The number of piperazine rings is 1. The highest BCUT2D eigenvalue weighted by molar-refractivity contribution is 7.89. The highest BCUT2D eigenvalue weighted by atomic mass is 32.2. The predicted octanol–water partition coefficient (Wildman–Crippen LogP) is 1.88. The summed E-state index contributed by atoms with van der Waals surface area (Å²) in [4.78, 5) is 14.6. The Morgan fingerprint density at radius 3 is 2.37 bits per heavy atom. The van der Waals surface area contributed by atoms with Gasteiger partial charge in [0.1, 0.15) is 6.07 Å². The van der Waals surface area contributed by atoms with Crippen LogP contribution in [0.2, 0.25) is 0 Å². The van der Waals surface area contributed by atoms with Crippen molar-refractivity contribution in [1.29, 1.82) is 5.26 Å². The highest BCUT2D eigenvalue weighted by Crippen LogP contribution is 2.21. The zero-order chi connectivity index (χ0) is 21.7. The molecule has 1 amide bonds. The molecule has 1 N–H and O–H groups in total. The predicted molar refractivity (Wildman–Crippen MR) is 114 cm³/mol. The fraction of sp³-hybridized carbons (Fsp3) is 0.364. The Bertz CT molecular complexity index is 1040. The van der Waals surface area contributed by atoms with Crippen molar-refractivity contribution in [3.8, 4) is 6.07 Å². The SMILES string of the molecule is Cc1ccc(CNC(=O)[C@@H](C)N2CCN(S(=O)(=O)c3ccccc3C#N)CC2)cc1. The topological polar surface area (TPSA) is 93.5 Å². The van der Waals surface area contributed by atoms with E-state index in [1.165, 1.54) is 22.0 Å². The normalized spacial score (nSPS) is 16.6. The zero-order valence-corrected chi connectivity index (χ0v) is 18.0. The standard InChI is InChI=1S/C22H26N4O3S/c1-17-7-9-19(10-8-17)16-24-22(27)18(2)25-11-13-26(14-12-25)30(28,29)21-6-4-3-5-20(21)15-23/h3-10,18H,11-14,16H2,1-2H3,(H,24,27)/t18-/m1/s1. The highest BCUT2D eigenvalue weighted by Gasteiger charge is 2.32. The largest absolute Gasteiger partial charge is 0.351 e. The molecule has 0 aliphatic carbocycles. The monoisotopic (exact) mass is 426 g/mol. The number of sulfonamides is 1. The molecule has 8 heteroatoms. The van der Waals surface area contributed by atoms with Gasteiger partial charge in [0.25, 0.3) is 0 Å². The smallest absolute Gasteiger partial charge is 0.244 e. The van der Waals surface area contributed by atoms with E-state index in [2.05, 4.69) is 5.32 Å². The van der Waals surface area contributed by atoms with Crippen molar-refractivity contribution in [1.82, 2.24) is 14.5 Å². The molecule has 0 saturated carbocycles. The van der Waals surface area contributed by atoms with Crippen molar-refractivity contribution >= 4 is 15.9 Å². The molecule has 1 aliphatic heterocycles. The number of nitriles is 1. The van der Waals surface area contributed by atoms with Crippen LogP contribution in [0.4, 0.5) is 0 Å². The van der Waals surface area contributed by atoms with Crippen LogP contribution < -0.4 is 5.32 Å². The van der Waals surface area contributed by atoms with Crippen LogP contribution in [0.15, 0.2) is 53.4 Å². The van der Waals surface area contributed by atoms with Gasteiger partial charge < -0.3 is 5.32 Å². The van der Waals surface area contributed by atoms with Crippen LogP contribution in [0, 0.1) is 18.3 Å². The van der Waals surface area contributed by atoms with Gasteiger partial charge in [-0.25, -0.2) is 8.42 Å². The van der Waals surface area contributed by atoms with Crippen LogP contribution in [0.5, 0.6) is 0 Å².